The number of hydrogen-bond acceptors (Lipinski definition) is 3. The molecule has 1 heterocycles. The summed E-state index contributed by atoms with van der Waals surface area (Å²) in [5.41, 5.74) is 9.31. The van der Waals surface area contributed by atoms with Crippen molar-refractivity contribution < 1.29 is 0 Å². The van der Waals surface area contributed by atoms with Gasteiger partial charge in [-0.2, -0.15) is 5.53 Å². The largest absolute Gasteiger partial charge is 0.370 e. The summed E-state index contributed by atoms with van der Waals surface area (Å²) in [4.78, 5) is 0. The zero-order valence-electron chi connectivity index (χ0n) is 5.13. The number of dihydropyridines is 1. The fourth-order valence-electron chi connectivity index (χ4n) is 0.625. The predicted molar refractivity (Wildman–Crippen MR) is 38.3 cm³/mol. The van der Waals surface area contributed by atoms with Gasteiger partial charge < -0.3 is 5.32 Å². The molecule has 1 unspecified atom stereocenters. The highest BCUT2D eigenvalue weighted by molar-refractivity contribution is 6.22. The first-order valence-electron chi connectivity index (χ1n) is 2.74. The van der Waals surface area contributed by atoms with Crippen LogP contribution in [-0.2, 0) is 0 Å². The highest BCUT2D eigenvalue weighted by atomic mass is 35.5. The minimum absolute atomic E-state index is 0.306. The third-order valence-corrected chi connectivity index (χ3v) is 1.43. The first kappa shape index (κ1) is 7.08. The molecule has 1 atom stereocenters. The number of nitrogens with one attached hydrogen (secondary N) is 3. The van der Waals surface area contributed by atoms with Gasteiger partial charge in [-0.3, -0.25) is 5.43 Å². The van der Waals surface area contributed by atoms with Crippen LogP contribution in [0.15, 0.2) is 29.3 Å². The van der Waals surface area contributed by atoms with Gasteiger partial charge in [0.05, 0.1) is 5.70 Å². The van der Waals surface area contributed by atoms with Crippen LogP contribution in [0.4, 0.5) is 0 Å². The summed E-state index contributed by atoms with van der Waals surface area (Å²) in [5.74, 6) is 0. The van der Waals surface area contributed by atoms with E-state index in [0.29, 0.717) is 5.70 Å². The summed E-state index contributed by atoms with van der Waals surface area (Å²) in [5, 5.41) is 5.81. The number of rotatable bonds is 2. The fourth-order valence-corrected chi connectivity index (χ4v) is 0.819. The fraction of sp³-hybridized carbons (Fsp3) is 0.200. The van der Waals surface area contributed by atoms with Crippen LogP contribution in [0.5, 0.6) is 0 Å². The maximum absolute atomic E-state index is 6.49. The Bertz CT molecular complexity index is 186. The van der Waals surface area contributed by atoms with Crippen LogP contribution in [0.1, 0.15) is 0 Å². The van der Waals surface area contributed by atoms with Gasteiger partial charge in [0.25, 0.3) is 0 Å². The molecule has 1 aliphatic rings. The average Bonchev–Trinajstić information content (AvgIpc) is 1.94. The lowest BCUT2D eigenvalue weighted by atomic mass is 10.3. The van der Waals surface area contributed by atoms with Crippen molar-refractivity contribution in [2.45, 2.75) is 5.50 Å². The lowest BCUT2D eigenvalue weighted by Gasteiger charge is -2.14. The van der Waals surface area contributed by atoms with Crippen LogP contribution in [0, 0.1) is 5.53 Å². The van der Waals surface area contributed by atoms with E-state index in [1.165, 1.54) is 0 Å². The summed E-state index contributed by atoms with van der Waals surface area (Å²) in [6.45, 7) is 0. The molecule has 0 aromatic heterocycles. The zero-order valence-corrected chi connectivity index (χ0v) is 5.89. The lowest BCUT2D eigenvalue weighted by Crippen LogP contribution is -2.28. The smallest absolute Gasteiger partial charge is 0.143 e. The van der Waals surface area contributed by atoms with E-state index in [-0.39, 0.29) is 5.50 Å². The topological polar surface area (TPSA) is 60.3 Å². The van der Waals surface area contributed by atoms with Crippen LogP contribution in [0.3, 0.4) is 0 Å². The molecule has 3 N–H and O–H groups in total. The molecule has 1 rings (SSSR count). The Morgan fingerprint density at radius 2 is 2.60 bits per heavy atom. The van der Waals surface area contributed by atoms with Gasteiger partial charge in [-0.25, -0.2) is 0 Å². The molecule has 0 radical (unpaired) electrons. The van der Waals surface area contributed by atoms with Crippen molar-refractivity contribution in [2.24, 2.45) is 5.22 Å². The molecule has 0 spiro atoms. The molecule has 10 heavy (non-hydrogen) atoms. The second kappa shape index (κ2) is 3.22. The highest BCUT2D eigenvalue weighted by Gasteiger charge is 2.09. The molecule has 54 valence electrons. The van der Waals surface area contributed by atoms with Gasteiger partial charge >= 0.3 is 0 Å². The zero-order chi connectivity index (χ0) is 7.40. The molecule has 0 aliphatic carbocycles. The van der Waals surface area contributed by atoms with E-state index < -0.39 is 0 Å². The number of halogens is 1. The monoisotopic (exact) mass is 158 g/mol. The number of hydrogen-bond donors (Lipinski definition) is 3. The maximum atomic E-state index is 6.49. The molecule has 4 nitrogen and oxygen atoms in total. The Hall–Kier alpha value is -1.03. The standard InChI is InChI=1S/C5H7ClN4/c6-5-4(9-10-7)2-1-3-8-5/h1-3,5,8H,(H2,7,9). The molecule has 0 fully saturated rings. The number of nitrogens with zero attached hydrogens (tertiary/aromatic N) is 1. The summed E-state index contributed by atoms with van der Waals surface area (Å²) in [6.07, 6.45) is 5.27. The number of alkyl halides is 1. The van der Waals surface area contributed by atoms with Crippen LogP contribution in [0.25, 0.3) is 0 Å². The minimum atomic E-state index is -0.306. The summed E-state index contributed by atoms with van der Waals surface area (Å²) >= 11 is 5.72. The minimum Gasteiger partial charge on any atom is -0.370 e. The van der Waals surface area contributed by atoms with Crippen LogP contribution >= 0.6 is 11.6 Å². The van der Waals surface area contributed by atoms with E-state index >= 15 is 0 Å². The maximum Gasteiger partial charge on any atom is 0.143 e. The first-order chi connectivity index (χ1) is 4.84. The van der Waals surface area contributed by atoms with E-state index in [2.05, 4.69) is 16.0 Å². The number of allylic oxidation sites excluding steroid dienone is 2. The van der Waals surface area contributed by atoms with Crippen molar-refractivity contribution in [3.05, 3.63) is 24.0 Å². The van der Waals surface area contributed by atoms with E-state index in [1.807, 2.05) is 0 Å². The Morgan fingerprint density at radius 1 is 1.80 bits per heavy atom. The van der Waals surface area contributed by atoms with E-state index in [9.17, 15) is 0 Å². The van der Waals surface area contributed by atoms with E-state index in [0.717, 1.165) is 0 Å². The van der Waals surface area contributed by atoms with Crippen molar-refractivity contribution in [3.8, 4) is 0 Å². The summed E-state index contributed by atoms with van der Waals surface area (Å²) in [6, 6.07) is 0. The van der Waals surface area contributed by atoms with Gasteiger partial charge in [-0.1, -0.05) is 16.8 Å². The third kappa shape index (κ3) is 1.48. The molecule has 0 aromatic rings. The average molecular weight is 159 g/mol. The second-order valence-electron chi connectivity index (χ2n) is 1.73. The third-order valence-electron chi connectivity index (χ3n) is 1.07. The SMILES string of the molecule is N=NNC1=CC=CNC1Cl. The Labute approximate surface area is 63.4 Å². The summed E-state index contributed by atoms with van der Waals surface area (Å²) in [7, 11) is 0. The first-order valence-corrected chi connectivity index (χ1v) is 3.17. The Balaban J connectivity index is 2.60. The molecule has 1 aliphatic heterocycles. The van der Waals surface area contributed by atoms with Crippen molar-refractivity contribution in [1.82, 2.24) is 10.7 Å². The van der Waals surface area contributed by atoms with E-state index in [4.69, 9.17) is 17.1 Å². The quantitative estimate of drug-likeness (QED) is 0.244. The van der Waals surface area contributed by atoms with Crippen LogP contribution < -0.4 is 10.7 Å². The normalized spacial score (nSPS) is 22.9. The highest BCUT2D eigenvalue weighted by Crippen LogP contribution is 2.07. The molecule has 5 heteroatoms. The van der Waals surface area contributed by atoms with Gasteiger partial charge in [0.15, 0.2) is 0 Å². The molecule has 0 saturated carbocycles. The van der Waals surface area contributed by atoms with Gasteiger partial charge in [-0.15, -0.1) is 0 Å². The van der Waals surface area contributed by atoms with Crippen molar-refractivity contribution in [3.63, 3.8) is 0 Å². The summed E-state index contributed by atoms with van der Waals surface area (Å²) < 4.78 is 0. The predicted octanol–water partition coefficient (Wildman–Crippen LogP) is 1.09. The molecule has 0 amide bonds. The van der Waals surface area contributed by atoms with Gasteiger partial charge in [0, 0.05) is 0 Å². The Morgan fingerprint density at radius 3 is 3.20 bits per heavy atom. The molecule has 0 saturated heterocycles. The van der Waals surface area contributed by atoms with Gasteiger partial charge in [0.2, 0.25) is 0 Å². The molecule has 0 aromatic carbocycles. The molecular formula is C5H7ClN4. The Kier molecular flexibility index (Phi) is 2.28. The van der Waals surface area contributed by atoms with Gasteiger partial charge in [0.1, 0.15) is 5.50 Å². The van der Waals surface area contributed by atoms with E-state index in [1.54, 1.807) is 18.4 Å². The van der Waals surface area contributed by atoms with Crippen molar-refractivity contribution >= 4 is 11.6 Å². The second-order valence-corrected chi connectivity index (χ2v) is 2.17. The van der Waals surface area contributed by atoms with Crippen molar-refractivity contribution in [2.75, 3.05) is 0 Å². The molecule has 0 bridgehead atoms. The van der Waals surface area contributed by atoms with Gasteiger partial charge in [-0.05, 0) is 18.4 Å². The van der Waals surface area contributed by atoms with Crippen LogP contribution in [0.2, 0.25) is 0 Å². The molecular weight excluding hydrogens is 152 g/mol. The van der Waals surface area contributed by atoms with Crippen molar-refractivity contribution in [1.29, 1.82) is 5.53 Å². The lowest BCUT2D eigenvalue weighted by molar-refractivity contribution is 0.699. The van der Waals surface area contributed by atoms with Crippen LogP contribution in [-0.4, -0.2) is 5.50 Å².